The summed E-state index contributed by atoms with van der Waals surface area (Å²) in [7, 11) is 0. The zero-order valence-corrected chi connectivity index (χ0v) is 14.3. The first kappa shape index (κ1) is 16.1. The van der Waals surface area contributed by atoms with Gasteiger partial charge in [-0.25, -0.2) is 4.98 Å². The van der Waals surface area contributed by atoms with E-state index in [0.717, 1.165) is 24.0 Å². The number of imidazole rings is 1. The number of amides is 1. The number of fused-ring (bicyclic) bond motifs is 2. The summed E-state index contributed by atoms with van der Waals surface area (Å²) in [6, 6.07) is 14.8. The van der Waals surface area contributed by atoms with Gasteiger partial charge in [0, 0.05) is 23.6 Å². The van der Waals surface area contributed by atoms with E-state index in [2.05, 4.69) is 22.2 Å². The number of carbonyl (C=O) groups excluding carboxylic acids is 1. The van der Waals surface area contributed by atoms with E-state index < -0.39 is 5.91 Å². The van der Waals surface area contributed by atoms with Gasteiger partial charge in [-0.05, 0) is 30.7 Å². The highest BCUT2D eigenvalue weighted by atomic mass is 16.2. The molecule has 4 rings (SSSR count). The van der Waals surface area contributed by atoms with Crippen LogP contribution < -0.4 is 10.7 Å². The normalized spacial score (nSPS) is 11.1. The molecule has 2 N–H and O–H groups in total. The molecule has 2 heterocycles. The Balaban J connectivity index is 1.75. The van der Waals surface area contributed by atoms with Crippen molar-refractivity contribution in [2.45, 2.75) is 19.9 Å². The summed E-state index contributed by atoms with van der Waals surface area (Å²) in [5.74, 6) is -0.0183. The molecule has 4 aromatic rings. The van der Waals surface area contributed by atoms with Crippen molar-refractivity contribution < 1.29 is 4.79 Å². The predicted molar refractivity (Wildman–Crippen MR) is 103 cm³/mol. The third-order valence-corrected chi connectivity index (χ3v) is 4.36. The molecule has 0 fully saturated rings. The molecule has 6 nitrogen and oxygen atoms in total. The van der Waals surface area contributed by atoms with Gasteiger partial charge in [0.25, 0.3) is 5.91 Å². The lowest BCUT2D eigenvalue weighted by atomic mass is 10.1. The van der Waals surface area contributed by atoms with Crippen molar-refractivity contribution >= 4 is 33.8 Å². The lowest BCUT2D eigenvalue weighted by Crippen LogP contribution is -2.23. The Morgan fingerprint density at radius 3 is 2.77 bits per heavy atom. The van der Waals surface area contributed by atoms with E-state index in [4.69, 9.17) is 0 Å². The molecule has 130 valence electrons. The molecule has 0 unspecified atom stereocenters. The number of H-pyrrole nitrogens is 1. The van der Waals surface area contributed by atoms with Crippen LogP contribution in [-0.4, -0.2) is 20.4 Å². The van der Waals surface area contributed by atoms with Crippen molar-refractivity contribution in [3.8, 4) is 0 Å². The molecule has 1 amide bonds. The number of para-hydroxylation sites is 3. The molecule has 0 aliphatic rings. The standard InChI is InChI=1S/C20H18N4O2/c1-2-11-24-17-10-6-5-9-16(17)22-20(24)23-19(26)14-12-21-15-8-4-3-7-13(15)18(14)25/h3-10,12H,2,11H2,1H3,(H,21,25)(H,22,23,26). The molecule has 6 heteroatoms. The number of nitrogens with zero attached hydrogens (tertiary/aromatic N) is 2. The molecule has 2 aromatic carbocycles. The molecule has 0 atom stereocenters. The van der Waals surface area contributed by atoms with Crippen LogP contribution in [0.2, 0.25) is 0 Å². The number of anilines is 1. The smallest absolute Gasteiger partial charge is 0.263 e. The fraction of sp³-hybridized carbons (Fsp3) is 0.150. The third kappa shape index (κ3) is 2.65. The Bertz CT molecular complexity index is 1170. The van der Waals surface area contributed by atoms with Crippen molar-refractivity contribution in [2.24, 2.45) is 0 Å². The highest BCUT2D eigenvalue weighted by Gasteiger charge is 2.17. The van der Waals surface area contributed by atoms with Gasteiger partial charge in [-0.1, -0.05) is 31.2 Å². The van der Waals surface area contributed by atoms with Crippen molar-refractivity contribution in [1.29, 1.82) is 0 Å². The lowest BCUT2D eigenvalue weighted by molar-refractivity contribution is 0.102. The number of benzene rings is 2. The number of carbonyl (C=O) groups is 1. The summed E-state index contributed by atoms with van der Waals surface area (Å²) in [5, 5.41) is 3.29. The number of aromatic amines is 1. The number of pyridine rings is 1. The monoisotopic (exact) mass is 346 g/mol. The summed E-state index contributed by atoms with van der Waals surface area (Å²) >= 11 is 0. The minimum Gasteiger partial charge on any atom is -0.360 e. The molecule has 0 saturated heterocycles. The highest BCUT2D eigenvalue weighted by Crippen LogP contribution is 2.20. The second-order valence-corrected chi connectivity index (χ2v) is 6.11. The minimum atomic E-state index is -0.468. The second kappa shape index (κ2) is 6.48. The van der Waals surface area contributed by atoms with Gasteiger partial charge in [0.2, 0.25) is 11.4 Å². The zero-order valence-electron chi connectivity index (χ0n) is 14.3. The van der Waals surface area contributed by atoms with Crippen LogP contribution in [0, 0.1) is 0 Å². The molecule has 0 saturated carbocycles. The van der Waals surface area contributed by atoms with Gasteiger partial charge in [-0.2, -0.15) is 0 Å². The summed E-state index contributed by atoms with van der Waals surface area (Å²) in [6.45, 7) is 2.79. The molecule has 2 aromatic heterocycles. The van der Waals surface area contributed by atoms with E-state index in [1.807, 2.05) is 34.9 Å². The van der Waals surface area contributed by atoms with Crippen LogP contribution in [-0.2, 0) is 6.54 Å². The molecule has 0 aliphatic heterocycles. The van der Waals surface area contributed by atoms with Crippen molar-refractivity contribution in [3.63, 3.8) is 0 Å². The average Bonchev–Trinajstić information content (AvgIpc) is 3.00. The Morgan fingerprint density at radius 2 is 1.92 bits per heavy atom. The molecular formula is C20H18N4O2. The largest absolute Gasteiger partial charge is 0.360 e. The van der Waals surface area contributed by atoms with Crippen LogP contribution in [0.5, 0.6) is 0 Å². The first-order chi connectivity index (χ1) is 12.7. The average molecular weight is 346 g/mol. The summed E-state index contributed by atoms with van der Waals surface area (Å²) in [6.07, 6.45) is 2.35. The highest BCUT2D eigenvalue weighted by molar-refractivity contribution is 6.05. The van der Waals surface area contributed by atoms with E-state index in [0.29, 0.717) is 16.9 Å². The van der Waals surface area contributed by atoms with Gasteiger partial charge < -0.3 is 9.55 Å². The minimum absolute atomic E-state index is 0.0683. The molecular weight excluding hydrogens is 328 g/mol. The molecule has 26 heavy (non-hydrogen) atoms. The van der Waals surface area contributed by atoms with E-state index in [1.165, 1.54) is 6.20 Å². The number of nitrogens with one attached hydrogen (secondary N) is 2. The predicted octanol–water partition coefficient (Wildman–Crippen LogP) is 3.54. The van der Waals surface area contributed by atoms with E-state index in [1.54, 1.807) is 18.2 Å². The van der Waals surface area contributed by atoms with Gasteiger partial charge in [0.1, 0.15) is 5.56 Å². The maximum atomic E-state index is 12.7. The topological polar surface area (TPSA) is 79.8 Å². The fourth-order valence-corrected chi connectivity index (χ4v) is 3.13. The van der Waals surface area contributed by atoms with Crippen LogP contribution in [0.15, 0.2) is 59.5 Å². The van der Waals surface area contributed by atoms with E-state index in [-0.39, 0.29) is 11.0 Å². The first-order valence-corrected chi connectivity index (χ1v) is 8.56. The van der Waals surface area contributed by atoms with Gasteiger partial charge >= 0.3 is 0 Å². The SMILES string of the molecule is CCCn1c(NC(=O)c2c[nH]c3ccccc3c2=O)nc2ccccc21. The molecule has 0 bridgehead atoms. The van der Waals surface area contributed by atoms with Crippen LogP contribution in [0.4, 0.5) is 5.95 Å². The van der Waals surface area contributed by atoms with Gasteiger partial charge in [0.05, 0.1) is 11.0 Å². The number of aryl methyl sites for hydroxylation is 1. The Hall–Kier alpha value is -3.41. The maximum absolute atomic E-state index is 12.7. The number of hydrogen-bond acceptors (Lipinski definition) is 3. The maximum Gasteiger partial charge on any atom is 0.263 e. The number of aromatic nitrogens is 3. The van der Waals surface area contributed by atoms with Crippen molar-refractivity contribution in [1.82, 2.24) is 14.5 Å². The van der Waals surface area contributed by atoms with E-state index in [9.17, 15) is 9.59 Å². The molecule has 0 spiro atoms. The number of rotatable bonds is 4. The quantitative estimate of drug-likeness (QED) is 0.593. The van der Waals surface area contributed by atoms with Crippen LogP contribution in [0.3, 0.4) is 0 Å². The van der Waals surface area contributed by atoms with Crippen LogP contribution in [0.25, 0.3) is 21.9 Å². The van der Waals surface area contributed by atoms with Gasteiger partial charge in [0.15, 0.2) is 0 Å². The van der Waals surface area contributed by atoms with Gasteiger partial charge in [-0.3, -0.25) is 14.9 Å². The summed E-state index contributed by atoms with van der Waals surface area (Å²) < 4.78 is 1.96. The molecule has 0 aliphatic carbocycles. The Labute approximate surface area is 149 Å². The summed E-state index contributed by atoms with van der Waals surface area (Å²) in [5.41, 5.74) is 2.24. The third-order valence-electron chi connectivity index (χ3n) is 4.36. The van der Waals surface area contributed by atoms with E-state index >= 15 is 0 Å². The number of hydrogen-bond donors (Lipinski definition) is 2. The lowest BCUT2D eigenvalue weighted by Gasteiger charge is -2.09. The van der Waals surface area contributed by atoms with Gasteiger partial charge in [-0.15, -0.1) is 0 Å². The van der Waals surface area contributed by atoms with Crippen LogP contribution >= 0.6 is 0 Å². The van der Waals surface area contributed by atoms with Crippen molar-refractivity contribution in [2.75, 3.05) is 5.32 Å². The first-order valence-electron chi connectivity index (χ1n) is 8.56. The van der Waals surface area contributed by atoms with Crippen LogP contribution in [0.1, 0.15) is 23.7 Å². The summed E-state index contributed by atoms with van der Waals surface area (Å²) in [4.78, 5) is 32.9. The zero-order chi connectivity index (χ0) is 18.1. The fourth-order valence-electron chi connectivity index (χ4n) is 3.13. The van der Waals surface area contributed by atoms with Crippen molar-refractivity contribution in [3.05, 3.63) is 70.5 Å². The molecule has 0 radical (unpaired) electrons. The second-order valence-electron chi connectivity index (χ2n) is 6.11. The Kier molecular flexibility index (Phi) is 4.01. The Morgan fingerprint density at radius 1 is 1.15 bits per heavy atom.